The zero-order valence-corrected chi connectivity index (χ0v) is 19.8. The molecule has 1 heterocycles. The van der Waals surface area contributed by atoms with E-state index in [1.165, 1.54) is 25.3 Å². The van der Waals surface area contributed by atoms with Gasteiger partial charge in [0.05, 0.1) is 19.1 Å². The maximum atomic E-state index is 13.2. The van der Waals surface area contributed by atoms with Crippen molar-refractivity contribution in [3.05, 3.63) is 18.2 Å². The van der Waals surface area contributed by atoms with Gasteiger partial charge in [-0.1, -0.05) is 20.8 Å². The van der Waals surface area contributed by atoms with Crippen LogP contribution in [0.15, 0.2) is 18.2 Å². The number of nitrogens with one attached hydrogen (secondary N) is 3. The first-order chi connectivity index (χ1) is 14.7. The summed E-state index contributed by atoms with van der Waals surface area (Å²) in [4.78, 5) is 39.3. The predicted molar refractivity (Wildman–Crippen MR) is 120 cm³/mol. The maximum absolute atomic E-state index is 13.2. The zero-order valence-electron chi connectivity index (χ0n) is 18.9. The quantitative estimate of drug-likeness (QED) is 0.550. The van der Waals surface area contributed by atoms with Gasteiger partial charge in [-0.15, -0.1) is 0 Å². The topological polar surface area (TPSA) is 134 Å². The Bertz CT molecular complexity index is 1050. The van der Waals surface area contributed by atoms with E-state index >= 15 is 0 Å². The van der Waals surface area contributed by atoms with E-state index in [9.17, 15) is 22.8 Å². The predicted octanol–water partition coefficient (Wildman–Crippen LogP) is 2.14. The van der Waals surface area contributed by atoms with Crippen LogP contribution >= 0.6 is 0 Å². The lowest BCUT2D eigenvalue weighted by atomic mass is 9.64. The fourth-order valence-electron chi connectivity index (χ4n) is 5.05. The summed E-state index contributed by atoms with van der Waals surface area (Å²) in [6, 6.07) is 3.82. The minimum Gasteiger partial charge on any atom is -0.494 e. The van der Waals surface area contributed by atoms with Crippen LogP contribution in [0.25, 0.3) is 0 Å². The van der Waals surface area contributed by atoms with Gasteiger partial charge >= 0.3 is 6.03 Å². The van der Waals surface area contributed by atoms with Crippen molar-refractivity contribution in [1.82, 2.24) is 10.2 Å². The number of anilines is 2. The fraction of sp³-hybridized carbons (Fsp3) is 0.571. The second kappa shape index (κ2) is 8.27. The molecule has 32 heavy (non-hydrogen) atoms. The number of carbonyl (C=O) groups excluding carboxylic acids is 3. The summed E-state index contributed by atoms with van der Waals surface area (Å²) < 4.78 is 30.4. The Morgan fingerprint density at radius 3 is 2.56 bits per heavy atom. The number of hydrogen-bond donors (Lipinski definition) is 3. The molecule has 1 aliphatic heterocycles. The van der Waals surface area contributed by atoms with Crippen LogP contribution in [0, 0.1) is 11.3 Å². The molecule has 0 bridgehead atoms. The van der Waals surface area contributed by atoms with Crippen molar-refractivity contribution < 1.29 is 27.5 Å². The van der Waals surface area contributed by atoms with Crippen LogP contribution in [0.2, 0.25) is 0 Å². The third-order valence-electron chi connectivity index (χ3n) is 5.71. The number of carbonyl (C=O) groups is 3. The van der Waals surface area contributed by atoms with E-state index in [4.69, 9.17) is 4.74 Å². The Morgan fingerprint density at radius 1 is 1.28 bits per heavy atom. The van der Waals surface area contributed by atoms with Crippen molar-refractivity contribution in [2.75, 3.05) is 29.9 Å². The van der Waals surface area contributed by atoms with E-state index in [-0.39, 0.29) is 28.7 Å². The normalized spacial score (nSPS) is 24.9. The molecule has 2 fully saturated rings. The molecule has 1 saturated heterocycles. The molecule has 1 aromatic carbocycles. The number of hydrogen-bond acceptors (Lipinski definition) is 6. The van der Waals surface area contributed by atoms with Crippen molar-refractivity contribution >= 4 is 39.2 Å². The molecule has 1 aromatic rings. The van der Waals surface area contributed by atoms with Crippen molar-refractivity contribution in [3.63, 3.8) is 0 Å². The van der Waals surface area contributed by atoms with Gasteiger partial charge in [0.2, 0.25) is 15.9 Å². The van der Waals surface area contributed by atoms with Gasteiger partial charge in [-0.05, 0) is 42.7 Å². The molecule has 4 amide bonds. The molecule has 1 aliphatic carbocycles. The second-order valence-corrected chi connectivity index (χ2v) is 11.3. The van der Waals surface area contributed by atoms with E-state index < -0.39 is 34.0 Å². The van der Waals surface area contributed by atoms with E-state index in [1.54, 1.807) is 0 Å². The Morgan fingerprint density at radius 2 is 1.97 bits per heavy atom. The number of ether oxygens (including phenoxy) is 1. The van der Waals surface area contributed by atoms with Gasteiger partial charge in [-0.2, -0.15) is 0 Å². The number of methoxy groups -OCH3 is 1. The van der Waals surface area contributed by atoms with Crippen LogP contribution in [0.1, 0.15) is 40.0 Å². The highest BCUT2D eigenvalue weighted by molar-refractivity contribution is 7.92. The van der Waals surface area contributed by atoms with Gasteiger partial charge in [0.25, 0.3) is 5.91 Å². The number of benzene rings is 1. The lowest BCUT2D eigenvalue weighted by Gasteiger charge is -2.43. The number of sulfonamides is 1. The van der Waals surface area contributed by atoms with E-state index in [1.807, 2.05) is 0 Å². The molecule has 10 nitrogen and oxygen atoms in total. The molecule has 0 aromatic heterocycles. The lowest BCUT2D eigenvalue weighted by molar-refractivity contribution is -0.136. The monoisotopic (exact) mass is 466 g/mol. The average Bonchev–Trinajstić information content (AvgIpc) is 2.83. The Kier molecular flexibility index (Phi) is 6.16. The minimum atomic E-state index is -3.51. The molecule has 1 spiro atoms. The smallest absolute Gasteiger partial charge is 0.325 e. The van der Waals surface area contributed by atoms with Crippen LogP contribution in [0.5, 0.6) is 5.75 Å². The standard InChI is InChI=1S/C21H30N4O6S/c1-13-9-20(2,3)12-21(10-13)18(27)25(19(28)23-21)11-17(26)22-14-6-7-15(16(8-14)31-4)24-32(5,29)30/h6-8,13,24H,9-12H2,1-5H3,(H,22,26)(H,23,28). The molecule has 3 rings (SSSR count). The van der Waals surface area contributed by atoms with Crippen molar-refractivity contribution in [3.8, 4) is 5.75 Å². The van der Waals surface area contributed by atoms with Gasteiger partial charge in [-0.25, -0.2) is 13.2 Å². The molecule has 2 aliphatic rings. The molecule has 11 heteroatoms. The zero-order chi connectivity index (χ0) is 23.9. The molecular weight excluding hydrogens is 436 g/mol. The summed E-state index contributed by atoms with van der Waals surface area (Å²) in [6.07, 6.45) is 3.05. The first kappa shape index (κ1) is 23.8. The van der Waals surface area contributed by atoms with Crippen molar-refractivity contribution in [1.29, 1.82) is 0 Å². The highest BCUT2D eigenvalue weighted by Crippen LogP contribution is 2.46. The van der Waals surface area contributed by atoms with Crippen LogP contribution in [-0.2, 0) is 19.6 Å². The van der Waals surface area contributed by atoms with Crippen molar-refractivity contribution in [2.45, 2.75) is 45.6 Å². The van der Waals surface area contributed by atoms with Gasteiger partial charge in [0.1, 0.15) is 17.8 Å². The third kappa shape index (κ3) is 5.14. The summed E-state index contributed by atoms with van der Waals surface area (Å²) in [5.74, 6) is -0.453. The molecule has 0 radical (unpaired) electrons. The summed E-state index contributed by atoms with van der Waals surface area (Å²) in [5, 5.41) is 5.47. The molecule has 176 valence electrons. The second-order valence-electron chi connectivity index (χ2n) is 9.60. The maximum Gasteiger partial charge on any atom is 0.325 e. The van der Waals surface area contributed by atoms with Crippen LogP contribution in [0.3, 0.4) is 0 Å². The molecule has 2 unspecified atom stereocenters. The van der Waals surface area contributed by atoms with Gasteiger partial charge in [0.15, 0.2) is 0 Å². The Balaban J connectivity index is 1.71. The van der Waals surface area contributed by atoms with Gasteiger partial charge < -0.3 is 15.4 Å². The van der Waals surface area contributed by atoms with Crippen LogP contribution < -0.4 is 20.1 Å². The highest BCUT2D eigenvalue weighted by Gasteiger charge is 2.56. The highest BCUT2D eigenvalue weighted by atomic mass is 32.2. The average molecular weight is 467 g/mol. The summed E-state index contributed by atoms with van der Waals surface area (Å²) in [7, 11) is -2.14. The van der Waals surface area contributed by atoms with Crippen molar-refractivity contribution in [2.24, 2.45) is 11.3 Å². The minimum absolute atomic E-state index is 0.100. The number of nitrogens with zero attached hydrogens (tertiary/aromatic N) is 1. The lowest BCUT2D eigenvalue weighted by Crippen LogP contribution is -2.54. The largest absolute Gasteiger partial charge is 0.494 e. The van der Waals surface area contributed by atoms with Gasteiger partial charge in [-0.3, -0.25) is 19.2 Å². The van der Waals surface area contributed by atoms with E-state index in [2.05, 4.69) is 36.1 Å². The third-order valence-corrected chi connectivity index (χ3v) is 6.30. The first-order valence-electron chi connectivity index (χ1n) is 10.3. The summed E-state index contributed by atoms with van der Waals surface area (Å²) in [5.41, 5.74) is -0.518. The summed E-state index contributed by atoms with van der Waals surface area (Å²) in [6.45, 7) is 5.80. The molecule has 1 saturated carbocycles. The Hall–Kier alpha value is -2.82. The summed E-state index contributed by atoms with van der Waals surface area (Å²) >= 11 is 0. The van der Waals surface area contributed by atoms with Crippen LogP contribution in [-0.4, -0.2) is 56.6 Å². The van der Waals surface area contributed by atoms with Gasteiger partial charge in [0, 0.05) is 11.8 Å². The fourth-order valence-corrected chi connectivity index (χ4v) is 5.61. The van der Waals surface area contributed by atoms with E-state index in [0.717, 1.165) is 17.6 Å². The number of imide groups is 1. The Labute approximate surface area is 188 Å². The number of rotatable bonds is 6. The molecule has 3 N–H and O–H groups in total. The molecular formula is C21H30N4O6S. The van der Waals surface area contributed by atoms with E-state index in [0.29, 0.717) is 18.5 Å². The van der Waals surface area contributed by atoms with Crippen LogP contribution in [0.4, 0.5) is 16.2 Å². The number of amides is 4. The molecule has 2 atom stereocenters. The first-order valence-corrected chi connectivity index (χ1v) is 12.2. The number of urea groups is 1. The SMILES string of the molecule is COc1cc(NC(=O)CN2C(=O)NC3(CC(C)CC(C)(C)C3)C2=O)ccc1NS(C)(=O)=O.